The van der Waals surface area contributed by atoms with Crippen LogP contribution in [-0.4, -0.2) is 44.5 Å². The minimum absolute atomic E-state index is 0.0328. The van der Waals surface area contributed by atoms with Gasteiger partial charge in [-0.05, 0) is 56.4 Å². The maximum Gasteiger partial charge on any atom is 0.316 e. The van der Waals surface area contributed by atoms with E-state index < -0.39 is 0 Å². The molecule has 188 valence electrons. The number of thioether (sulfide) groups is 2. The van der Waals surface area contributed by atoms with Crippen LogP contribution in [-0.2, 0) is 34.2 Å². The van der Waals surface area contributed by atoms with Crippen LogP contribution in [0.5, 0.6) is 0 Å². The van der Waals surface area contributed by atoms with E-state index in [2.05, 4.69) is 10.3 Å². The molecule has 0 radical (unpaired) electrons. The van der Waals surface area contributed by atoms with Crippen molar-refractivity contribution in [1.29, 1.82) is 0 Å². The summed E-state index contributed by atoms with van der Waals surface area (Å²) in [6.45, 7) is 2.14. The number of nitrogens with zero attached hydrogens (tertiary/aromatic N) is 3. The molecular weight excluding hydrogens is 537 g/mol. The van der Waals surface area contributed by atoms with Gasteiger partial charge in [-0.2, -0.15) is 0 Å². The van der Waals surface area contributed by atoms with Gasteiger partial charge in [0.05, 0.1) is 33.7 Å². The SMILES string of the molecule is CCOC(=O)CSc1nc2ccc(NC(=O)CSc3nc4sc5c(c4c(=O)n3C)CCCC5)cc2s1. The van der Waals surface area contributed by atoms with Crippen LogP contribution in [0.1, 0.15) is 30.2 Å². The van der Waals surface area contributed by atoms with Crippen molar-refractivity contribution in [3.8, 4) is 0 Å². The summed E-state index contributed by atoms with van der Waals surface area (Å²) < 4.78 is 8.20. The molecule has 3 aromatic heterocycles. The Bertz CT molecular complexity index is 1520. The van der Waals surface area contributed by atoms with E-state index in [1.54, 1.807) is 35.9 Å². The summed E-state index contributed by atoms with van der Waals surface area (Å²) in [6.07, 6.45) is 4.22. The van der Waals surface area contributed by atoms with Crippen molar-refractivity contribution < 1.29 is 14.3 Å². The standard InChI is InChI=1S/C24H24N4O4S4/c1-3-32-19(30)12-34-24-26-15-9-8-13(10-17(15)36-24)25-18(29)11-33-23-27-21-20(22(31)28(23)2)14-6-4-5-7-16(14)35-21/h8-10H,3-7,11-12H2,1-2H3,(H,25,29). The average Bonchev–Trinajstić information content (AvgIpc) is 3.44. The van der Waals surface area contributed by atoms with Gasteiger partial charge in [0.2, 0.25) is 5.91 Å². The number of esters is 1. The molecule has 0 bridgehead atoms. The Labute approximate surface area is 223 Å². The highest BCUT2D eigenvalue weighted by Crippen LogP contribution is 2.35. The number of carbonyl (C=O) groups excluding carboxylic acids is 2. The van der Waals surface area contributed by atoms with Gasteiger partial charge in [0, 0.05) is 17.6 Å². The molecule has 1 aliphatic rings. The van der Waals surface area contributed by atoms with E-state index in [-0.39, 0.29) is 28.9 Å². The Morgan fingerprint density at radius 3 is 2.81 bits per heavy atom. The topological polar surface area (TPSA) is 103 Å². The molecule has 0 fully saturated rings. The number of anilines is 1. The van der Waals surface area contributed by atoms with Gasteiger partial charge < -0.3 is 10.1 Å². The van der Waals surface area contributed by atoms with Crippen molar-refractivity contribution in [1.82, 2.24) is 14.5 Å². The summed E-state index contributed by atoms with van der Waals surface area (Å²) in [5.41, 5.74) is 2.62. The normalized spacial score (nSPS) is 13.2. The monoisotopic (exact) mass is 560 g/mol. The third-order valence-corrected chi connectivity index (χ3v) is 10.1. The lowest BCUT2D eigenvalue weighted by Gasteiger charge is -2.11. The zero-order valence-electron chi connectivity index (χ0n) is 19.8. The maximum absolute atomic E-state index is 13.0. The number of fused-ring (bicyclic) bond motifs is 4. The minimum atomic E-state index is -0.267. The van der Waals surface area contributed by atoms with Crippen molar-refractivity contribution in [3.63, 3.8) is 0 Å². The number of rotatable bonds is 8. The first-order valence-corrected chi connectivity index (χ1v) is 15.2. The lowest BCUT2D eigenvalue weighted by atomic mass is 9.97. The van der Waals surface area contributed by atoms with Gasteiger partial charge in [-0.25, -0.2) is 9.97 Å². The lowest BCUT2D eigenvalue weighted by molar-refractivity contribution is -0.139. The molecule has 1 amide bonds. The fraction of sp³-hybridized carbons (Fsp3) is 0.375. The van der Waals surface area contributed by atoms with Crippen molar-refractivity contribution >= 4 is 84.2 Å². The fourth-order valence-electron chi connectivity index (χ4n) is 4.09. The Hall–Kier alpha value is -2.41. The van der Waals surface area contributed by atoms with Gasteiger partial charge in [0.15, 0.2) is 9.50 Å². The molecular formula is C24H24N4O4S4. The highest BCUT2D eigenvalue weighted by Gasteiger charge is 2.21. The molecule has 0 saturated carbocycles. The minimum Gasteiger partial charge on any atom is -0.465 e. The number of amides is 1. The van der Waals surface area contributed by atoms with E-state index in [1.165, 1.54) is 45.3 Å². The number of aromatic nitrogens is 3. The molecule has 1 aromatic carbocycles. The predicted molar refractivity (Wildman–Crippen MR) is 148 cm³/mol. The van der Waals surface area contributed by atoms with E-state index in [4.69, 9.17) is 9.72 Å². The zero-order valence-corrected chi connectivity index (χ0v) is 23.1. The third kappa shape index (κ3) is 5.31. The molecule has 1 aliphatic carbocycles. The molecule has 5 rings (SSSR count). The van der Waals surface area contributed by atoms with E-state index >= 15 is 0 Å². The molecule has 0 atom stereocenters. The van der Waals surface area contributed by atoms with Crippen LogP contribution in [0.3, 0.4) is 0 Å². The zero-order chi connectivity index (χ0) is 25.2. The molecule has 12 heteroatoms. The molecule has 8 nitrogen and oxygen atoms in total. The van der Waals surface area contributed by atoms with Gasteiger partial charge in [0.25, 0.3) is 5.56 Å². The molecule has 0 unspecified atom stereocenters. The number of nitrogens with one attached hydrogen (secondary N) is 1. The smallest absolute Gasteiger partial charge is 0.316 e. The Kier molecular flexibility index (Phi) is 7.65. The number of thiophene rings is 1. The third-order valence-electron chi connectivity index (χ3n) is 5.76. The maximum atomic E-state index is 13.0. The average molecular weight is 561 g/mol. The quantitative estimate of drug-likeness (QED) is 0.185. The van der Waals surface area contributed by atoms with Crippen LogP contribution in [0.25, 0.3) is 20.4 Å². The Morgan fingerprint density at radius 1 is 1.14 bits per heavy atom. The number of hydrogen-bond donors (Lipinski definition) is 1. The number of aryl methyl sites for hydroxylation is 2. The van der Waals surface area contributed by atoms with Gasteiger partial charge in [0.1, 0.15) is 4.83 Å². The summed E-state index contributed by atoms with van der Waals surface area (Å²) in [6, 6.07) is 5.53. The van der Waals surface area contributed by atoms with Crippen LogP contribution in [0.4, 0.5) is 5.69 Å². The Balaban J connectivity index is 1.24. The van der Waals surface area contributed by atoms with Crippen LogP contribution < -0.4 is 10.9 Å². The molecule has 0 spiro atoms. The van der Waals surface area contributed by atoms with Crippen molar-refractivity contribution in [2.75, 3.05) is 23.4 Å². The lowest BCUT2D eigenvalue weighted by Crippen LogP contribution is -2.21. The van der Waals surface area contributed by atoms with Gasteiger partial charge >= 0.3 is 5.97 Å². The number of benzene rings is 1. The van der Waals surface area contributed by atoms with E-state index in [0.717, 1.165) is 50.5 Å². The van der Waals surface area contributed by atoms with Gasteiger partial charge in [-0.3, -0.25) is 19.0 Å². The number of carbonyl (C=O) groups is 2. The molecule has 0 aliphatic heterocycles. The van der Waals surface area contributed by atoms with E-state index in [0.29, 0.717) is 17.5 Å². The van der Waals surface area contributed by atoms with Crippen LogP contribution in [0, 0.1) is 0 Å². The first-order chi connectivity index (χ1) is 17.4. The van der Waals surface area contributed by atoms with Crippen molar-refractivity contribution in [3.05, 3.63) is 39.0 Å². The predicted octanol–water partition coefficient (Wildman–Crippen LogP) is 4.87. The number of thiazole rings is 1. The highest BCUT2D eigenvalue weighted by molar-refractivity contribution is 8.01. The second kappa shape index (κ2) is 10.9. The molecule has 1 N–H and O–H groups in total. The first-order valence-electron chi connectivity index (χ1n) is 11.6. The van der Waals surface area contributed by atoms with Crippen molar-refractivity contribution in [2.24, 2.45) is 7.05 Å². The summed E-state index contributed by atoms with van der Waals surface area (Å²) in [5.74, 6) is -0.0963. The van der Waals surface area contributed by atoms with Crippen LogP contribution in [0.15, 0.2) is 32.5 Å². The second-order valence-corrected chi connectivity index (χ2v) is 12.5. The van der Waals surface area contributed by atoms with E-state index in [1.807, 2.05) is 12.1 Å². The van der Waals surface area contributed by atoms with Gasteiger partial charge in [-0.15, -0.1) is 22.7 Å². The molecule has 36 heavy (non-hydrogen) atoms. The van der Waals surface area contributed by atoms with Gasteiger partial charge in [-0.1, -0.05) is 23.5 Å². The fourth-order valence-corrected chi connectivity index (χ4v) is 8.07. The first kappa shape index (κ1) is 25.2. The molecule has 4 aromatic rings. The summed E-state index contributed by atoms with van der Waals surface area (Å²) in [4.78, 5) is 48.6. The summed E-state index contributed by atoms with van der Waals surface area (Å²) in [7, 11) is 1.72. The number of ether oxygens (including phenoxy) is 1. The van der Waals surface area contributed by atoms with Crippen molar-refractivity contribution in [2.45, 2.75) is 42.1 Å². The molecule has 3 heterocycles. The molecule has 0 saturated heterocycles. The Morgan fingerprint density at radius 2 is 1.97 bits per heavy atom. The largest absolute Gasteiger partial charge is 0.465 e. The van der Waals surface area contributed by atoms with E-state index in [9.17, 15) is 14.4 Å². The van der Waals surface area contributed by atoms with Crippen LogP contribution >= 0.6 is 46.2 Å². The summed E-state index contributed by atoms with van der Waals surface area (Å²) >= 11 is 5.68. The highest BCUT2D eigenvalue weighted by atomic mass is 32.2. The number of hydrogen-bond acceptors (Lipinski definition) is 10. The second-order valence-electron chi connectivity index (χ2n) is 8.24. The van der Waals surface area contributed by atoms with Crippen LogP contribution in [0.2, 0.25) is 0 Å². The summed E-state index contributed by atoms with van der Waals surface area (Å²) in [5, 5.41) is 4.21.